The molecule has 0 aliphatic heterocycles. The van der Waals surface area contributed by atoms with E-state index in [1.165, 1.54) is 22.4 Å². The molecule has 2 aromatic heterocycles. The lowest BCUT2D eigenvalue weighted by Crippen LogP contribution is -2.11. The van der Waals surface area contributed by atoms with E-state index in [0.717, 1.165) is 11.3 Å². The zero-order valence-electron chi connectivity index (χ0n) is 12.1. The average molecular weight is 362 g/mol. The molecule has 7 heteroatoms. The fourth-order valence-electron chi connectivity index (χ4n) is 1.90. The van der Waals surface area contributed by atoms with Crippen molar-refractivity contribution in [3.8, 4) is 11.3 Å². The number of thiazole rings is 1. The Morgan fingerprint density at radius 2 is 2.00 bits per heavy atom. The van der Waals surface area contributed by atoms with E-state index in [0.29, 0.717) is 15.8 Å². The van der Waals surface area contributed by atoms with Crippen LogP contribution in [-0.4, -0.2) is 22.1 Å². The van der Waals surface area contributed by atoms with Crippen molar-refractivity contribution >= 4 is 45.7 Å². The summed E-state index contributed by atoms with van der Waals surface area (Å²) in [4.78, 5) is 21.7. The minimum absolute atomic E-state index is 0.257. The highest BCUT2D eigenvalue weighted by Crippen LogP contribution is 2.27. The van der Waals surface area contributed by atoms with Gasteiger partial charge >= 0.3 is 0 Å². The minimum Gasteiger partial charge on any atom is -0.298 e. The number of anilines is 1. The van der Waals surface area contributed by atoms with Crippen LogP contribution >= 0.6 is 34.7 Å². The van der Waals surface area contributed by atoms with Gasteiger partial charge in [-0.1, -0.05) is 23.7 Å². The van der Waals surface area contributed by atoms with Gasteiger partial charge < -0.3 is 0 Å². The minimum atomic E-state index is -0.257. The van der Waals surface area contributed by atoms with Gasteiger partial charge in [0, 0.05) is 22.0 Å². The van der Waals surface area contributed by atoms with Crippen molar-refractivity contribution in [3.05, 3.63) is 58.7 Å². The summed E-state index contributed by atoms with van der Waals surface area (Å²) in [7, 11) is 0. The second-order valence-corrected chi connectivity index (χ2v) is 6.72. The molecule has 0 unspecified atom stereocenters. The zero-order valence-corrected chi connectivity index (χ0v) is 14.5. The predicted octanol–water partition coefficient (Wildman–Crippen LogP) is 4.83. The van der Waals surface area contributed by atoms with Crippen LogP contribution in [0.15, 0.2) is 52.9 Å². The molecule has 1 N–H and O–H groups in total. The zero-order chi connectivity index (χ0) is 16.2. The fraction of sp³-hybridized carbons (Fsp3) is 0.0625. The molecule has 0 fully saturated rings. The summed E-state index contributed by atoms with van der Waals surface area (Å²) in [6.07, 6.45) is 3.48. The van der Waals surface area contributed by atoms with Crippen LogP contribution in [0.5, 0.6) is 0 Å². The molecule has 0 spiro atoms. The fourth-order valence-corrected chi connectivity index (χ4v) is 3.14. The van der Waals surface area contributed by atoms with Crippen molar-refractivity contribution in [1.29, 1.82) is 0 Å². The van der Waals surface area contributed by atoms with E-state index in [-0.39, 0.29) is 5.91 Å². The number of aromatic nitrogens is 2. The molecule has 0 saturated heterocycles. The summed E-state index contributed by atoms with van der Waals surface area (Å²) < 4.78 is 0. The van der Waals surface area contributed by atoms with Crippen LogP contribution in [0.4, 0.5) is 5.13 Å². The molecule has 0 aliphatic rings. The summed E-state index contributed by atoms with van der Waals surface area (Å²) in [5.74, 6) is -0.257. The molecule has 2 heterocycles. The van der Waals surface area contributed by atoms with Crippen LogP contribution in [0.3, 0.4) is 0 Å². The molecule has 3 aromatic rings. The van der Waals surface area contributed by atoms with Crippen molar-refractivity contribution in [2.45, 2.75) is 4.90 Å². The van der Waals surface area contributed by atoms with E-state index in [2.05, 4.69) is 27.4 Å². The lowest BCUT2D eigenvalue weighted by molar-refractivity contribution is 0.102. The van der Waals surface area contributed by atoms with Crippen LogP contribution in [0, 0.1) is 0 Å². The first kappa shape index (κ1) is 16.0. The summed E-state index contributed by atoms with van der Waals surface area (Å²) >= 11 is 8.80. The van der Waals surface area contributed by atoms with Crippen molar-refractivity contribution in [3.63, 3.8) is 0 Å². The van der Waals surface area contributed by atoms with Crippen LogP contribution in [0.1, 0.15) is 10.4 Å². The molecule has 4 nitrogen and oxygen atoms in total. The standard InChI is InChI=1S/C16H12ClN3OS2/c1-22-12-5-2-10(3-6-12)13-9-23-16(19-13)20-15(21)11-4-7-14(17)18-8-11/h2-9H,1H3,(H,19,20,21). The molecular formula is C16H12ClN3OS2. The summed E-state index contributed by atoms with van der Waals surface area (Å²) in [6.45, 7) is 0. The number of nitrogens with zero attached hydrogens (tertiary/aromatic N) is 2. The van der Waals surface area contributed by atoms with Crippen molar-refractivity contribution < 1.29 is 4.79 Å². The van der Waals surface area contributed by atoms with Crippen molar-refractivity contribution in [1.82, 2.24) is 9.97 Å². The van der Waals surface area contributed by atoms with Crippen LogP contribution in [0.2, 0.25) is 5.15 Å². The highest BCUT2D eigenvalue weighted by molar-refractivity contribution is 7.98. The maximum Gasteiger partial charge on any atom is 0.259 e. The third kappa shape index (κ3) is 3.90. The van der Waals surface area contributed by atoms with Gasteiger partial charge in [0.05, 0.1) is 11.3 Å². The summed E-state index contributed by atoms with van der Waals surface area (Å²) in [6, 6.07) is 11.4. The quantitative estimate of drug-likeness (QED) is 0.534. The molecule has 1 aromatic carbocycles. The number of hydrogen-bond acceptors (Lipinski definition) is 5. The largest absolute Gasteiger partial charge is 0.298 e. The maximum absolute atomic E-state index is 12.1. The van der Waals surface area contributed by atoms with Crippen LogP contribution in [-0.2, 0) is 0 Å². The van der Waals surface area contributed by atoms with Crippen molar-refractivity contribution in [2.75, 3.05) is 11.6 Å². The number of benzene rings is 1. The molecular weight excluding hydrogens is 350 g/mol. The number of nitrogens with one attached hydrogen (secondary N) is 1. The SMILES string of the molecule is CSc1ccc(-c2csc(NC(=O)c3ccc(Cl)nc3)n2)cc1. The van der Waals surface area contributed by atoms with E-state index in [4.69, 9.17) is 11.6 Å². The summed E-state index contributed by atoms with van der Waals surface area (Å²) in [5, 5.41) is 5.60. The summed E-state index contributed by atoms with van der Waals surface area (Å²) in [5.41, 5.74) is 2.30. The molecule has 0 saturated carbocycles. The van der Waals surface area contributed by atoms with Gasteiger partial charge in [-0.05, 0) is 30.5 Å². The Labute approximate surface area is 146 Å². The molecule has 23 heavy (non-hydrogen) atoms. The molecule has 0 aliphatic carbocycles. The Kier molecular flexibility index (Phi) is 4.95. The van der Waals surface area contributed by atoms with Crippen LogP contribution < -0.4 is 5.32 Å². The highest BCUT2D eigenvalue weighted by Gasteiger charge is 2.10. The lowest BCUT2D eigenvalue weighted by atomic mass is 10.2. The van der Waals surface area contributed by atoms with Gasteiger partial charge in [-0.2, -0.15) is 0 Å². The number of carbonyl (C=O) groups excluding carboxylic acids is 1. The Morgan fingerprint density at radius 3 is 2.65 bits per heavy atom. The first-order chi connectivity index (χ1) is 11.2. The van der Waals surface area contributed by atoms with Gasteiger partial charge in [-0.15, -0.1) is 23.1 Å². The molecule has 3 rings (SSSR count). The number of hydrogen-bond donors (Lipinski definition) is 1. The van der Waals surface area contributed by atoms with Gasteiger partial charge in [0.1, 0.15) is 5.15 Å². The van der Waals surface area contributed by atoms with E-state index in [1.54, 1.807) is 23.9 Å². The van der Waals surface area contributed by atoms with E-state index >= 15 is 0 Å². The topological polar surface area (TPSA) is 54.9 Å². The van der Waals surface area contributed by atoms with Crippen molar-refractivity contribution in [2.24, 2.45) is 0 Å². The third-order valence-corrected chi connectivity index (χ3v) is 4.82. The second kappa shape index (κ2) is 7.12. The Hall–Kier alpha value is -1.89. The average Bonchev–Trinajstić information content (AvgIpc) is 3.04. The van der Waals surface area contributed by atoms with E-state index in [1.807, 2.05) is 23.8 Å². The number of rotatable bonds is 4. The second-order valence-electron chi connectivity index (χ2n) is 4.59. The Morgan fingerprint density at radius 1 is 1.22 bits per heavy atom. The normalized spacial score (nSPS) is 10.5. The Balaban J connectivity index is 1.73. The van der Waals surface area contributed by atoms with Gasteiger partial charge in [-0.25, -0.2) is 9.97 Å². The molecule has 0 atom stereocenters. The first-order valence-electron chi connectivity index (χ1n) is 6.68. The predicted molar refractivity (Wildman–Crippen MR) is 96.5 cm³/mol. The number of pyridine rings is 1. The van der Waals surface area contributed by atoms with E-state index in [9.17, 15) is 4.79 Å². The van der Waals surface area contributed by atoms with Gasteiger partial charge in [0.2, 0.25) is 0 Å². The number of amides is 1. The lowest BCUT2D eigenvalue weighted by Gasteiger charge is -2.01. The van der Waals surface area contributed by atoms with Gasteiger partial charge in [0.25, 0.3) is 5.91 Å². The molecule has 0 bridgehead atoms. The highest BCUT2D eigenvalue weighted by atomic mass is 35.5. The molecule has 1 amide bonds. The van der Waals surface area contributed by atoms with E-state index < -0.39 is 0 Å². The molecule has 0 radical (unpaired) electrons. The Bertz CT molecular complexity index is 816. The maximum atomic E-state index is 12.1. The number of carbonyl (C=O) groups is 1. The van der Waals surface area contributed by atoms with Gasteiger partial charge in [0.15, 0.2) is 5.13 Å². The first-order valence-corrected chi connectivity index (χ1v) is 9.17. The smallest absolute Gasteiger partial charge is 0.259 e. The van der Waals surface area contributed by atoms with Gasteiger partial charge in [-0.3, -0.25) is 10.1 Å². The monoisotopic (exact) mass is 361 g/mol. The molecule has 116 valence electrons. The number of halogens is 1. The van der Waals surface area contributed by atoms with Crippen LogP contribution in [0.25, 0.3) is 11.3 Å². The third-order valence-electron chi connectivity index (χ3n) is 3.10. The number of thioether (sulfide) groups is 1.